The van der Waals surface area contributed by atoms with Crippen LogP contribution in [0.2, 0.25) is 0 Å². The Hall–Kier alpha value is -2.43. The second kappa shape index (κ2) is 8.43. The first-order chi connectivity index (χ1) is 11.8. The van der Waals surface area contributed by atoms with Gasteiger partial charge in [-0.3, -0.25) is 4.90 Å². The summed E-state index contributed by atoms with van der Waals surface area (Å²) in [4.78, 5) is 2.38. The largest absolute Gasteiger partial charge is 0.383 e. The van der Waals surface area contributed by atoms with Crippen molar-refractivity contribution in [3.63, 3.8) is 0 Å². The molecule has 0 radical (unpaired) electrons. The number of para-hydroxylation sites is 1. The summed E-state index contributed by atoms with van der Waals surface area (Å²) in [5.74, 6) is 0. The normalized spacial score (nSPS) is 11.1. The van der Waals surface area contributed by atoms with Crippen molar-refractivity contribution in [1.82, 2.24) is 14.7 Å². The summed E-state index contributed by atoms with van der Waals surface area (Å²) in [5.41, 5.74) is 3.59. The topological polar surface area (TPSA) is 30.3 Å². The zero-order valence-electron chi connectivity index (χ0n) is 14.0. The second-order valence-electron chi connectivity index (χ2n) is 5.82. The Morgan fingerprint density at radius 2 is 1.58 bits per heavy atom. The summed E-state index contributed by atoms with van der Waals surface area (Å²) in [6.45, 7) is 3.37. The Labute approximate surface area is 143 Å². The fourth-order valence-electron chi connectivity index (χ4n) is 2.70. The quantitative estimate of drug-likeness (QED) is 0.636. The first kappa shape index (κ1) is 16.4. The highest BCUT2D eigenvalue weighted by molar-refractivity contribution is 5.30. The van der Waals surface area contributed by atoms with E-state index in [1.54, 1.807) is 7.11 Å². The second-order valence-corrected chi connectivity index (χ2v) is 5.82. The van der Waals surface area contributed by atoms with Gasteiger partial charge in [-0.15, -0.1) is 0 Å². The van der Waals surface area contributed by atoms with Gasteiger partial charge in [-0.05, 0) is 17.7 Å². The molecule has 0 aliphatic carbocycles. The van der Waals surface area contributed by atoms with E-state index in [9.17, 15) is 0 Å². The lowest BCUT2D eigenvalue weighted by Crippen LogP contribution is -2.26. The number of aromatic nitrogens is 2. The Kier molecular flexibility index (Phi) is 5.77. The first-order valence-corrected chi connectivity index (χ1v) is 8.19. The Morgan fingerprint density at radius 3 is 2.29 bits per heavy atom. The SMILES string of the molecule is COCCN(Cc1ccccc1)Cc1cnn(-c2ccccc2)c1. The van der Waals surface area contributed by atoms with Gasteiger partial charge >= 0.3 is 0 Å². The smallest absolute Gasteiger partial charge is 0.0645 e. The highest BCUT2D eigenvalue weighted by atomic mass is 16.5. The molecular formula is C20H23N3O. The molecule has 1 aromatic heterocycles. The maximum Gasteiger partial charge on any atom is 0.0645 e. The van der Waals surface area contributed by atoms with Crippen LogP contribution in [0.25, 0.3) is 5.69 Å². The molecule has 0 saturated heterocycles. The van der Waals surface area contributed by atoms with Gasteiger partial charge in [-0.25, -0.2) is 4.68 Å². The van der Waals surface area contributed by atoms with Crippen LogP contribution < -0.4 is 0 Å². The van der Waals surface area contributed by atoms with Crippen molar-refractivity contribution in [3.05, 3.63) is 84.2 Å². The Balaban J connectivity index is 1.69. The molecular weight excluding hydrogens is 298 g/mol. The molecule has 0 N–H and O–H groups in total. The molecule has 1 heterocycles. The highest BCUT2D eigenvalue weighted by Crippen LogP contribution is 2.12. The van der Waals surface area contributed by atoms with E-state index in [1.165, 1.54) is 11.1 Å². The van der Waals surface area contributed by atoms with E-state index in [2.05, 4.69) is 52.6 Å². The lowest BCUT2D eigenvalue weighted by atomic mass is 10.2. The maximum atomic E-state index is 5.26. The molecule has 2 aromatic carbocycles. The molecule has 0 unspecified atom stereocenters. The summed E-state index contributed by atoms with van der Waals surface area (Å²) >= 11 is 0. The van der Waals surface area contributed by atoms with Crippen LogP contribution in [0.1, 0.15) is 11.1 Å². The molecule has 3 rings (SSSR count). The molecule has 124 valence electrons. The standard InChI is InChI=1S/C20H23N3O/c1-24-13-12-22(15-18-8-4-2-5-9-18)16-19-14-21-23(17-19)20-10-6-3-7-11-20/h2-11,14,17H,12-13,15-16H2,1H3. The predicted octanol–water partition coefficient (Wildman–Crippen LogP) is 3.52. The van der Waals surface area contributed by atoms with Crippen molar-refractivity contribution in [3.8, 4) is 5.69 Å². The summed E-state index contributed by atoms with van der Waals surface area (Å²) in [6.07, 6.45) is 4.04. The highest BCUT2D eigenvalue weighted by Gasteiger charge is 2.09. The van der Waals surface area contributed by atoms with E-state index in [-0.39, 0.29) is 0 Å². The average molecular weight is 321 g/mol. The van der Waals surface area contributed by atoms with Crippen LogP contribution in [-0.4, -0.2) is 34.9 Å². The van der Waals surface area contributed by atoms with Gasteiger partial charge < -0.3 is 4.74 Å². The van der Waals surface area contributed by atoms with Crippen molar-refractivity contribution in [2.45, 2.75) is 13.1 Å². The Bertz CT molecular complexity index is 725. The molecule has 0 spiro atoms. The van der Waals surface area contributed by atoms with E-state index in [0.29, 0.717) is 0 Å². The number of benzene rings is 2. The van der Waals surface area contributed by atoms with Gasteiger partial charge in [0.2, 0.25) is 0 Å². The van der Waals surface area contributed by atoms with Gasteiger partial charge in [-0.1, -0.05) is 48.5 Å². The van der Waals surface area contributed by atoms with E-state index in [1.807, 2.05) is 35.1 Å². The molecule has 3 aromatic rings. The van der Waals surface area contributed by atoms with Crippen LogP contribution in [0.5, 0.6) is 0 Å². The third kappa shape index (κ3) is 4.54. The number of ether oxygens (including phenoxy) is 1. The van der Waals surface area contributed by atoms with E-state index < -0.39 is 0 Å². The molecule has 0 amide bonds. The van der Waals surface area contributed by atoms with E-state index in [4.69, 9.17) is 4.74 Å². The van der Waals surface area contributed by atoms with Crippen molar-refractivity contribution in [2.24, 2.45) is 0 Å². The average Bonchev–Trinajstić information content (AvgIpc) is 3.10. The summed E-state index contributed by atoms with van der Waals surface area (Å²) < 4.78 is 7.18. The molecule has 0 aliphatic rings. The minimum absolute atomic E-state index is 0.722. The fourth-order valence-corrected chi connectivity index (χ4v) is 2.70. The number of rotatable bonds is 8. The minimum Gasteiger partial charge on any atom is -0.383 e. The molecule has 0 fully saturated rings. The van der Waals surface area contributed by atoms with Crippen molar-refractivity contribution in [1.29, 1.82) is 0 Å². The summed E-state index contributed by atoms with van der Waals surface area (Å²) in [5, 5.41) is 4.49. The van der Waals surface area contributed by atoms with Gasteiger partial charge in [0.25, 0.3) is 0 Å². The number of hydrogen-bond acceptors (Lipinski definition) is 3. The third-order valence-corrected chi connectivity index (χ3v) is 3.92. The molecule has 4 nitrogen and oxygen atoms in total. The minimum atomic E-state index is 0.722. The molecule has 24 heavy (non-hydrogen) atoms. The van der Waals surface area contributed by atoms with E-state index >= 15 is 0 Å². The third-order valence-electron chi connectivity index (χ3n) is 3.92. The van der Waals surface area contributed by atoms with Gasteiger partial charge in [0.05, 0.1) is 18.5 Å². The zero-order valence-corrected chi connectivity index (χ0v) is 14.0. The number of nitrogens with zero attached hydrogens (tertiary/aromatic N) is 3. The first-order valence-electron chi connectivity index (χ1n) is 8.19. The van der Waals surface area contributed by atoms with Crippen molar-refractivity contribution < 1.29 is 4.74 Å². The monoisotopic (exact) mass is 321 g/mol. The zero-order chi connectivity index (χ0) is 16.6. The molecule has 0 saturated carbocycles. The van der Waals surface area contributed by atoms with Crippen LogP contribution in [0.4, 0.5) is 0 Å². The molecule has 4 heteroatoms. The summed E-state index contributed by atoms with van der Waals surface area (Å²) in [7, 11) is 1.74. The van der Waals surface area contributed by atoms with E-state index in [0.717, 1.165) is 31.9 Å². The molecule has 0 bridgehead atoms. The molecule has 0 aliphatic heterocycles. The van der Waals surface area contributed by atoms with Crippen LogP contribution in [0.3, 0.4) is 0 Å². The summed E-state index contributed by atoms with van der Waals surface area (Å²) in [6, 6.07) is 20.7. The predicted molar refractivity (Wildman–Crippen MR) is 96.0 cm³/mol. The maximum absolute atomic E-state index is 5.26. The number of methoxy groups -OCH3 is 1. The van der Waals surface area contributed by atoms with Crippen LogP contribution >= 0.6 is 0 Å². The van der Waals surface area contributed by atoms with Gasteiger partial charge in [0.15, 0.2) is 0 Å². The van der Waals surface area contributed by atoms with Crippen molar-refractivity contribution >= 4 is 0 Å². The van der Waals surface area contributed by atoms with Crippen molar-refractivity contribution in [2.75, 3.05) is 20.3 Å². The number of hydrogen-bond donors (Lipinski definition) is 0. The van der Waals surface area contributed by atoms with Gasteiger partial charge in [0.1, 0.15) is 0 Å². The lowest BCUT2D eigenvalue weighted by molar-refractivity contribution is 0.140. The van der Waals surface area contributed by atoms with Crippen LogP contribution in [-0.2, 0) is 17.8 Å². The van der Waals surface area contributed by atoms with Gasteiger partial charge in [0, 0.05) is 38.5 Å². The van der Waals surface area contributed by atoms with Crippen LogP contribution in [0.15, 0.2) is 73.1 Å². The fraction of sp³-hybridized carbons (Fsp3) is 0.250. The Morgan fingerprint density at radius 1 is 0.917 bits per heavy atom. The van der Waals surface area contributed by atoms with Crippen LogP contribution in [0, 0.1) is 0 Å². The lowest BCUT2D eigenvalue weighted by Gasteiger charge is -2.21. The van der Waals surface area contributed by atoms with Gasteiger partial charge in [-0.2, -0.15) is 5.10 Å². The molecule has 0 atom stereocenters.